The highest BCUT2D eigenvalue weighted by Gasteiger charge is 2.68. The Morgan fingerprint density at radius 3 is 2.29 bits per heavy atom. The average molecular weight is 588 g/mol. The number of aromatic hydroxyl groups is 1. The van der Waals surface area contributed by atoms with Gasteiger partial charge in [-0.1, -0.05) is 13.0 Å². The molecule has 1 saturated carbocycles. The molecule has 1 aromatic rings. The molecule has 0 heterocycles. The zero-order valence-corrected chi connectivity index (χ0v) is 23.0. The molecule has 42 heavy (non-hydrogen) atoms. The van der Waals surface area contributed by atoms with Crippen molar-refractivity contribution in [2.75, 3.05) is 19.4 Å². The number of phenolic OH excluding ortho intramolecular Hbond substituents is 1. The molecule has 3 aliphatic carbocycles. The number of fused-ring (bicyclic) bond motifs is 3. The quantitative estimate of drug-likeness (QED) is 0.124. The molecule has 1 aromatic carbocycles. The molecule has 15 heteroatoms. The molecular formula is C27H33N5O10. The number of phenols is 1. The molecule has 4 unspecified atom stereocenters. The Kier molecular flexibility index (Phi) is 7.67. The number of nitrogens with zero attached hydrogens (tertiary/aromatic N) is 1. The number of nitrogens with two attached hydrogens (primary N) is 3. The van der Waals surface area contributed by atoms with Crippen LogP contribution in [0.5, 0.6) is 5.75 Å². The Labute approximate surface area is 239 Å². The van der Waals surface area contributed by atoms with Crippen molar-refractivity contribution in [1.82, 2.24) is 4.90 Å². The van der Waals surface area contributed by atoms with Crippen LogP contribution in [-0.2, 0) is 24.0 Å². The molecule has 0 aliphatic heterocycles. The first-order chi connectivity index (χ1) is 19.5. The highest BCUT2D eigenvalue weighted by molar-refractivity contribution is 6.24. The number of Topliss-reactive ketones (excluding diaryl/α,β-unsaturated/α-hetero) is 2. The minimum absolute atomic E-state index is 0.0756. The third-order valence-electron chi connectivity index (χ3n) is 8.43. The lowest BCUT2D eigenvalue weighted by Crippen LogP contribution is -2.70. The van der Waals surface area contributed by atoms with Gasteiger partial charge in [0.15, 0.2) is 11.4 Å². The summed E-state index contributed by atoms with van der Waals surface area (Å²) >= 11 is 0. The second-order valence-corrected chi connectivity index (χ2v) is 11.1. The van der Waals surface area contributed by atoms with Crippen LogP contribution < -0.4 is 22.5 Å². The molecule has 3 amide bonds. The van der Waals surface area contributed by atoms with Crippen LogP contribution in [0.15, 0.2) is 29.0 Å². The lowest BCUT2D eigenvalue weighted by Gasteiger charge is -2.53. The Morgan fingerprint density at radius 1 is 1.12 bits per heavy atom. The topological polar surface area (TPSA) is 280 Å². The highest BCUT2D eigenvalue weighted by atomic mass is 16.4. The van der Waals surface area contributed by atoms with Crippen LogP contribution in [0.2, 0.25) is 0 Å². The fourth-order valence-electron chi connectivity index (χ4n) is 6.37. The van der Waals surface area contributed by atoms with Gasteiger partial charge >= 0.3 is 0 Å². The van der Waals surface area contributed by atoms with E-state index in [2.05, 4.69) is 5.32 Å². The summed E-state index contributed by atoms with van der Waals surface area (Å²) in [6, 6.07) is 0.120. The van der Waals surface area contributed by atoms with E-state index in [0.717, 1.165) is 0 Å². The highest BCUT2D eigenvalue weighted by Crippen LogP contribution is 2.56. The van der Waals surface area contributed by atoms with Gasteiger partial charge in [-0.2, -0.15) is 0 Å². The van der Waals surface area contributed by atoms with Gasteiger partial charge in [-0.05, 0) is 38.1 Å². The lowest BCUT2D eigenvalue weighted by molar-refractivity contribution is -0.169. The standard InChI is InChI=1S/C27H33N5O10/c1-8-9-4-6-11(31-26(41)10(28)5-7-12(29)33)19(34)14(9)20(35)15-13(8)21(36)17-18(32(2)3)22(37)16(25(30)40)24(39)27(17,42)23(15)38/h4,6,8,10,13,17-18,21,34-36,39,42H,5,7,28H2,1-3H3,(H2,29,33)(H2,30,40)(H,31,41)/t8?,10-,13?,17?,18-,21?,27-/m0/s1. The summed E-state index contributed by atoms with van der Waals surface area (Å²) in [5.74, 6) is -11.8. The molecule has 15 nitrogen and oxygen atoms in total. The number of nitrogens with one attached hydrogen (secondary N) is 1. The number of hydrogen-bond acceptors (Lipinski definition) is 12. The van der Waals surface area contributed by atoms with Gasteiger partial charge in [0, 0.05) is 17.9 Å². The lowest BCUT2D eigenvalue weighted by atomic mass is 9.54. The number of carbonyl (C=O) groups is 5. The van der Waals surface area contributed by atoms with Gasteiger partial charge in [0.1, 0.15) is 22.8 Å². The number of ketones is 2. The second-order valence-electron chi connectivity index (χ2n) is 11.1. The molecular weight excluding hydrogens is 554 g/mol. The summed E-state index contributed by atoms with van der Waals surface area (Å²) in [5.41, 5.74) is 11.3. The van der Waals surface area contributed by atoms with Gasteiger partial charge in [0.05, 0.1) is 35.4 Å². The SMILES string of the molecule is CC1c2ccc(NC(=O)[C@@H](N)CCC(N)=O)c(O)c2C(O)=C2C(=O)[C@]3(O)C(O)=C(C(N)=O)C(=O)[C@@H](N(C)C)C3C(O)C21. The van der Waals surface area contributed by atoms with E-state index in [1.165, 1.54) is 31.1 Å². The zero-order valence-electron chi connectivity index (χ0n) is 23.0. The summed E-state index contributed by atoms with van der Waals surface area (Å²) in [7, 11) is 2.83. The van der Waals surface area contributed by atoms with Crippen molar-refractivity contribution in [3.05, 3.63) is 40.2 Å². The molecule has 3 aliphatic rings. The molecule has 12 N–H and O–H groups in total. The number of anilines is 1. The van der Waals surface area contributed by atoms with E-state index in [-0.39, 0.29) is 29.7 Å². The largest absolute Gasteiger partial charge is 0.508 e. The average Bonchev–Trinajstić information content (AvgIpc) is 2.90. The maximum absolute atomic E-state index is 14.0. The van der Waals surface area contributed by atoms with Crippen LogP contribution in [-0.4, -0.2) is 97.6 Å². The first-order valence-electron chi connectivity index (χ1n) is 13.0. The molecule has 0 saturated heterocycles. The van der Waals surface area contributed by atoms with Crippen LogP contribution in [0.1, 0.15) is 36.8 Å². The van der Waals surface area contributed by atoms with Gasteiger partial charge in [0.25, 0.3) is 5.91 Å². The van der Waals surface area contributed by atoms with E-state index in [4.69, 9.17) is 17.2 Å². The second kappa shape index (κ2) is 10.5. The number of benzene rings is 1. The fourth-order valence-corrected chi connectivity index (χ4v) is 6.37. The normalized spacial score (nSPS) is 29.5. The summed E-state index contributed by atoms with van der Waals surface area (Å²) < 4.78 is 0. The first-order valence-corrected chi connectivity index (χ1v) is 13.0. The van der Waals surface area contributed by atoms with E-state index >= 15 is 0 Å². The summed E-state index contributed by atoms with van der Waals surface area (Å²) in [6.07, 6.45) is -1.97. The van der Waals surface area contributed by atoms with Crippen molar-refractivity contribution in [3.8, 4) is 5.75 Å². The zero-order chi connectivity index (χ0) is 31.6. The monoisotopic (exact) mass is 587 g/mol. The van der Waals surface area contributed by atoms with Crippen molar-refractivity contribution in [3.63, 3.8) is 0 Å². The fraction of sp³-hybridized carbons (Fsp3) is 0.444. The van der Waals surface area contributed by atoms with Crippen LogP contribution >= 0.6 is 0 Å². The molecule has 4 rings (SSSR count). The molecule has 226 valence electrons. The van der Waals surface area contributed by atoms with Crippen LogP contribution in [0.25, 0.3) is 5.76 Å². The van der Waals surface area contributed by atoms with E-state index in [1.807, 2.05) is 0 Å². The Balaban J connectivity index is 1.87. The van der Waals surface area contributed by atoms with Gasteiger partial charge in [-0.25, -0.2) is 0 Å². The third-order valence-corrected chi connectivity index (χ3v) is 8.43. The number of aliphatic hydroxyl groups excluding tert-OH is 3. The number of hydrogen-bond donors (Lipinski definition) is 9. The minimum Gasteiger partial charge on any atom is -0.508 e. The van der Waals surface area contributed by atoms with Gasteiger partial charge in [-0.3, -0.25) is 28.9 Å². The maximum atomic E-state index is 14.0. The van der Waals surface area contributed by atoms with Crippen molar-refractivity contribution >= 4 is 40.7 Å². The summed E-state index contributed by atoms with van der Waals surface area (Å²) in [5, 5.41) is 59.1. The molecule has 7 atom stereocenters. The van der Waals surface area contributed by atoms with E-state index in [0.29, 0.717) is 0 Å². The smallest absolute Gasteiger partial charge is 0.255 e. The van der Waals surface area contributed by atoms with E-state index in [1.54, 1.807) is 6.92 Å². The third kappa shape index (κ3) is 4.32. The van der Waals surface area contributed by atoms with Gasteiger partial charge in [0.2, 0.25) is 17.6 Å². The van der Waals surface area contributed by atoms with Crippen LogP contribution in [0.4, 0.5) is 5.69 Å². The number of rotatable bonds is 7. The van der Waals surface area contributed by atoms with Crippen molar-refractivity contribution in [2.24, 2.45) is 29.0 Å². The summed E-state index contributed by atoms with van der Waals surface area (Å²) in [4.78, 5) is 64.2. The maximum Gasteiger partial charge on any atom is 0.255 e. The van der Waals surface area contributed by atoms with Gasteiger partial charge < -0.3 is 48.1 Å². The molecule has 0 aromatic heterocycles. The summed E-state index contributed by atoms with van der Waals surface area (Å²) in [6.45, 7) is 1.58. The molecule has 1 fully saturated rings. The number of primary amides is 2. The molecule has 0 radical (unpaired) electrons. The Bertz CT molecular complexity index is 1480. The van der Waals surface area contributed by atoms with Gasteiger partial charge in [-0.15, -0.1) is 0 Å². The predicted octanol–water partition coefficient (Wildman–Crippen LogP) is -1.97. The predicted molar refractivity (Wildman–Crippen MR) is 145 cm³/mol. The van der Waals surface area contributed by atoms with Crippen molar-refractivity contribution in [1.29, 1.82) is 0 Å². The number of carbonyl (C=O) groups excluding carboxylic acids is 5. The number of aliphatic hydroxyl groups is 4. The van der Waals surface area contributed by atoms with Crippen LogP contribution in [0, 0.1) is 11.8 Å². The van der Waals surface area contributed by atoms with Crippen LogP contribution in [0.3, 0.4) is 0 Å². The minimum atomic E-state index is -3.04. The van der Waals surface area contributed by atoms with E-state index in [9.17, 15) is 49.5 Å². The number of likely N-dealkylation sites (N-methyl/N-ethyl adjacent to an activating group) is 1. The first kappa shape index (κ1) is 30.6. The Hall–Kier alpha value is -4.31. The molecule has 0 bridgehead atoms. The molecule has 0 spiro atoms. The Morgan fingerprint density at radius 2 is 1.74 bits per heavy atom. The van der Waals surface area contributed by atoms with Crippen molar-refractivity contribution in [2.45, 2.75) is 49.5 Å². The number of amides is 3. The van der Waals surface area contributed by atoms with E-state index < -0.39 is 99.2 Å². The van der Waals surface area contributed by atoms with Crippen molar-refractivity contribution < 1.29 is 49.5 Å².